The Kier molecular flexibility index (Phi) is 5.17. The molecule has 0 amide bonds. The summed E-state index contributed by atoms with van der Waals surface area (Å²) in [6.45, 7) is 0. The van der Waals surface area contributed by atoms with Crippen molar-refractivity contribution < 1.29 is 34.0 Å². The normalized spacial score (nSPS) is 26.8. The number of phenolic OH excluding ortho intramolecular Hbond substituents is 1. The van der Waals surface area contributed by atoms with E-state index in [0.717, 1.165) is 5.56 Å². The molecular formula is C27H26O7. The average molecular weight is 462 g/mol. The molecule has 0 saturated heterocycles. The van der Waals surface area contributed by atoms with E-state index in [4.69, 9.17) is 18.9 Å². The molecule has 34 heavy (non-hydrogen) atoms. The molecular weight excluding hydrogens is 436 g/mol. The van der Waals surface area contributed by atoms with E-state index in [1.54, 1.807) is 19.2 Å². The molecule has 3 aromatic rings. The summed E-state index contributed by atoms with van der Waals surface area (Å²) in [5, 5.41) is 22.8. The van der Waals surface area contributed by atoms with Crippen LogP contribution in [0, 0.1) is 5.92 Å². The molecule has 1 fully saturated rings. The molecule has 0 unspecified atom stereocenters. The molecule has 1 heterocycles. The van der Waals surface area contributed by atoms with Gasteiger partial charge in [-0.1, -0.05) is 42.5 Å². The molecule has 176 valence electrons. The second kappa shape index (κ2) is 7.95. The van der Waals surface area contributed by atoms with Crippen LogP contribution in [0.15, 0.2) is 66.7 Å². The van der Waals surface area contributed by atoms with Crippen LogP contribution in [0.5, 0.6) is 23.0 Å². The van der Waals surface area contributed by atoms with Crippen molar-refractivity contribution in [1.82, 2.24) is 0 Å². The number of esters is 1. The lowest BCUT2D eigenvalue weighted by Gasteiger charge is -2.40. The van der Waals surface area contributed by atoms with Gasteiger partial charge in [0.1, 0.15) is 28.6 Å². The third-order valence-electron chi connectivity index (χ3n) is 7.11. The monoisotopic (exact) mass is 462 g/mol. The van der Waals surface area contributed by atoms with Gasteiger partial charge in [0, 0.05) is 18.1 Å². The minimum absolute atomic E-state index is 0.0411. The Bertz CT molecular complexity index is 1220. The number of methoxy groups -OCH3 is 3. The summed E-state index contributed by atoms with van der Waals surface area (Å²) in [6, 6.07) is 19.6. The zero-order valence-electron chi connectivity index (χ0n) is 19.1. The largest absolute Gasteiger partial charge is 0.508 e. The summed E-state index contributed by atoms with van der Waals surface area (Å²) in [4.78, 5) is 13.1. The number of hydrogen-bond acceptors (Lipinski definition) is 7. The smallest absolute Gasteiger partial charge is 0.309 e. The van der Waals surface area contributed by atoms with Crippen LogP contribution < -0.4 is 14.2 Å². The molecule has 0 bridgehead atoms. The molecule has 7 heteroatoms. The standard InChI is InChI=1S/C27H26O7/c1-31-19-11-9-17(10-12-19)27-23(16-7-5-4-6-8-16)20(25(29)33-3)15-26(27,30)24-21(32-2)13-18(28)14-22(24)34-27/h4-14,20,23,28,30H,15H2,1-3H3/t20-,23+,26+,27-/m0/s1. The lowest BCUT2D eigenvalue weighted by atomic mass is 9.70. The molecule has 1 saturated carbocycles. The predicted octanol–water partition coefficient (Wildman–Crippen LogP) is 3.86. The first kappa shape index (κ1) is 22.1. The van der Waals surface area contributed by atoms with Gasteiger partial charge in [0.05, 0.1) is 32.8 Å². The van der Waals surface area contributed by atoms with Crippen LogP contribution in [0.3, 0.4) is 0 Å². The van der Waals surface area contributed by atoms with Crippen LogP contribution in [0.4, 0.5) is 0 Å². The van der Waals surface area contributed by atoms with Gasteiger partial charge >= 0.3 is 5.97 Å². The van der Waals surface area contributed by atoms with E-state index in [9.17, 15) is 15.0 Å². The van der Waals surface area contributed by atoms with Gasteiger partial charge < -0.3 is 29.2 Å². The predicted molar refractivity (Wildman–Crippen MR) is 123 cm³/mol. The van der Waals surface area contributed by atoms with Crippen molar-refractivity contribution in [2.75, 3.05) is 21.3 Å². The number of rotatable bonds is 5. The van der Waals surface area contributed by atoms with Crippen LogP contribution in [0.1, 0.15) is 29.0 Å². The van der Waals surface area contributed by atoms with E-state index < -0.39 is 29.0 Å². The van der Waals surface area contributed by atoms with Crippen molar-refractivity contribution >= 4 is 5.97 Å². The van der Waals surface area contributed by atoms with Crippen molar-refractivity contribution in [2.24, 2.45) is 5.92 Å². The maximum Gasteiger partial charge on any atom is 0.309 e. The van der Waals surface area contributed by atoms with Crippen LogP contribution in [0.25, 0.3) is 0 Å². The van der Waals surface area contributed by atoms with E-state index in [1.165, 1.54) is 26.4 Å². The minimum Gasteiger partial charge on any atom is -0.508 e. The van der Waals surface area contributed by atoms with Gasteiger partial charge in [-0.15, -0.1) is 0 Å². The topological polar surface area (TPSA) is 94.5 Å². The highest BCUT2D eigenvalue weighted by Crippen LogP contribution is 2.70. The maximum atomic E-state index is 13.1. The lowest BCUT2D eigenvalue weighted by Crippen LogP contribution is -2.48. The van der Waals surface area contributed by atoms with Gasteiger partial charge in [0.2, 0.25) is 0 Å². The van der Waals surface area contributed by atoms with Crippen molar-refractivity contribution in [3.8, 4) is 23.0 Å². The number of fused-ring (bicyclic) bond motifs is 3. The van der Waals surface area contributed by atoms with E-state index in [0.29, 0.717) is 22.6 Å². The van der Waals surface area contributed by atoms with E-state index in [1.807, 2.05) is 42.5 Å². The number of phenols is 1. The van der Waals surface area contributed by atoms with Crippen LogP contribution in [0.2, 0.25) is 0 Å². The first-order valence-corrected chi connectivity index (χ1v) is 11.0. The molecule has 1 aliphatic heterocycles. The second-order valence-corrected chi connectivity index (χ2v) is 8.67. The summed E-state index contributed by atoms with van der Waals surface area (Å²) in [6.07, 6.45) is 0.0411. The fourth-order valence-corrected chi connectivity index (χ4v) is 5.78. The molecule has 0 spiro atoms. The van der Waals surface area contributed by atoms with E-state index in [-0.39, 0.29) is 17.9 Å². The van der Waals surface area contributed by atoms with Gasteiger partial charge in [0.25, 0.3) is 0 Å². The molecule has 3 aromatic carbocycles. The average Bonchev–Trinajstić information content (AvgIpc) is 3.27. The third-order valence-corrected chi connectivity index (χ3v) is 7.11. The van der Waals surface area contributed by atoms with Gasteiger partial charge in [-0.2, -0.15) is 0 Å². The highest BCUT2D eigenvalue weighted by Gasteiger charge is 2.73. The van der Waals surface area contributed by atoms with Crippen LogP contribution in [-0.2, 0) is 20.7 Å². The second-order valence-electron chi connectivity index (χ2n) is 8.67. The van der Waals surface area contributed by atoms with Crippen molar-refractivity contribution in [3.05, 3.63) is 83.4 Å². The Labute approximate surface area is 197 Å². The van der Waals surface area contributed by atoms with Crippen molar-refractivity contribution in [1.29, 1.82) is 0 Å². The molecule has 1 aliphatic carbocycles. The Balaban J connectivity index is 1.84. The highest BCUT2D eigenvalue weighted by atomic mass is 16.5. The van der Waals surface area contributed by atoms with E-state index >= 15 is 0 Å². The third kappa shape index (κ3) is 2.90. The zero-order valence-corrected chi connectivity index (χ0v) is 19.1. The fraction of sp³-hybridized carbons (Fsp3) is 0.296. The molecule has 0 radical (unpaired) electrons. The van der Waals surface area contributed by atoms with Crippen LogP contribution >= 0.6 is 0 Å². The Hall–Kier alpha value is -3.71. The van der Waals surface area contributed by atoms with Gasteiger partial charge in [-0.25, -0.2) is 0 Å². The molecule has 5 rings (SSSR count). The first-order chi connectivity index (χ1) is 16.4. The Morgan fingerprint density at radius 1 is 1.00 bits per heavy atom. The van der Waals surface area contributed by atoms with Crippen molar-refractivity contribution in [2.45, 2.75) is 23.5 Å². The molecule has 7 nitrogen and oxygen atoms in total. The number of aliphatic hydroxyl groups is 1. The summed E-state index contributed by atoms with van der Waals surface area (Å²) >= 11 is 0. The zero-order chi connectivity index (χ0) is 24.1. The molecule has 2 N–H and O–H groups in total. The number of carbonyl (C=O) groups is 1. The van der Waals surface area contributed by atoms with Gasteiger partial charge in [-0.3, -0.25) is 4.79 Å². The minimum atomic E-state index is -1.66. The number of benzene rings is 3. The number of carbonyl (C=O) groups excluding carboxylic acids is 1. The number of aromatic hydroxyl groups is 1. The summed E-state index contributed by atoms with van der Waals surface area (Å²) < 4.78 is 22.7. The quantitative estimate of drug-likeness (QED) is 0.556. The molecule has 0 aromatic heterocycles. The molecule has 4 atom stereocenters. The fourth-order valence-electron chi connectivity index (χ4n) is 5.78. The first-order valence-electron chi connectivity index (χ1n) is 11.0. The van der Waals surface area contributed by atoms with Gasteiger partial charge in [0.15, 0.2) is 5.60 Å². The van der Waals surface area contributed by atoms with E-state index in [2.05, 4.69) is 0 Å². The summed E-state index contributed by atoms with van der Waals surface area (Å²) in [7, 11) is 4.39. The number of hydrogen-bond donors (Lipinski definition) is 2. The van der Waals surface area contributed by atoms with Crippen LogP contribution in [-0.4, -0.2) is 37.5 Å². The Morgan fingerprint density at radius 3 is 2.32 bits per heavy atom. The summed E-state index contributed by atoms with van der Waals surface area (Å²) in [5.41, 5.74) is -1.18. The molecule has 2 aliphatic rings. The van der Waals surface area contributed by atoms with Crippen molar-refractivity contribution in [3.63, 3.8) is 0 Å². The Morgan fingerprint density at radius 2 is 1.71 bits per heavy atom. The highest BCUT2D eigenvalue weighted by molar-refractivity contribution is 5.77. The van der Waals surface area contributed by atoms with Gasteiger partial charge in [-0.05, 0) is 29.7 Å². The number of ether oxygens (including phenoxy) is 4. The SMILES string of the molecule is COC(=O)[C@H]1C[C@@]2(O)c3c(OC)cc(O)cc3O[C@@]2(c2ccc(OC)cc2)[C@@H]1c1ccccc1. The maximum absolute atomic E-state index is 13.1. The summed E-state index contributed by atoms with van der Waals surface area (Å²) in [5.74, 6) is -0.555. The lowest BCUT2D eigenvalue weighted by molar-refractivity contribution is -0.146.